The number of nitrogens with zero attached hydrogens (tertiary/aromatic N) is 3. The summed E-state index contributed by atoms with van der Waals surface area (Å²) in [5.74, 6) is -3.99. The summed E-state index contributed by atoms with van der Waals surface area (Å²) in [7, 11) is 0. The molecule has 2 amide bonds. The van der Waals surface area contributed by atoms with Gasteiger partial charge in [0, 0.05) is 53.1 Å². The SMILES string of the molecule is O=C(Cc1cccs1)N[C@@H]1C(=O)N2C(C(=O)[O-])=C(CSC(=S)NC3CCN(c4cc5c(cc4F)c(=O)c(C(=O)[O-])cn5C4CC4)C3)CS[C@H]12.[Na+].[Na+]. The molecule has 3 aromatic rings. The number of hydrogen-bond donors (Lipinski definition) is 2. The molecule has 0 spiro atoms. The predicted octanol–water partition coefficient (Wildman–Crippen LogP) is -5.26. The first kappa shape index (κ1) is 40.3. The molecule has 2 saturated heterocycles. The van der Waals surface area contributed by atoms with Gasteiger partial charge in [-0.3, -0.25) is 19.3 Å². The summed E-state index contributed by atoms with van der Waals surface area (Å²) in [5, 5.41) is 31.0. The zero-order valence-corrected chi connectivity index (χ0v) is 34.9. The maximum absolute atomic E-state index is 15.4. The normalized spacial score (nSPS) is 21.0. The number of hydrogen-bond acceptors (Lipinski definition) is 12. The molecule has 1 saturated carbocycles. The first-order chi connectivity index (χ1) is 23.5. The third kappa shape index (κ3) is 8.27. The van der Waals surface area contributed by atoms with Gasteiger partial charge >= 0.3 is 59.1 Å². The molecule has 51 heavy (non-hydrogen) atoms. The minimum absolute atomic E-state index is 0. The molecule has 1 unspecified atom stereocenters. The van der Waals surface area contributed by atoms with Crippen LogP contribution in [-0.4, -0.2) is 79.6 Å². The number of thiocarbonyl (C=S) groups is 1. The van der Waals surface area contributed by atoms with Crippen molar-refractivity contribution in [2.75, 3.05) is 29.5 Å². The van der Waals surface area contributed by atoms with Crippen LogP contribution in [-0.2, 0) is 20.8 Å². The average molecular weight is 788 g/mol. The maximum Gasteiger partial charge on any atom is 1.00 e. The fourth-order valence-corrected chi connectivity index (χ4v) is 9.75. The van der Waals surface area contributed by atoms with Crippen LogP contribution in [0.2, 0.25) is 0 Å². The van der Waals surface area contributed by atoms with Gasteiger partial charge in [0.1, 0.15) is 21.6 Å². The number of benzene rings is 1. The van der Waals surface area contributed by atoms with E-state index < -0.39 is 46.1 Å². The number of amides is 2. The Labute approximate surface area is 353 Å². The van der Waals surface area contributed by atoms with Crippen LogP contribution in [0, 0.1) is 5.82 Å². The van der Waals surface area contributed by atoms with Crippen molar-refractivity contribution in [1.29, 1.82) is 0 Å². The van der Waals surface area contributed by atoms with Crippen molar-refractivity contribution in [2.24, 2.45) is 0 Å². The summed E-state index contributed by atoms with van der Waals surface area (Å²) in [5.41, 5.74) is -0.215. The van der Waals surface area contributed by atoms with E-state index in [-0.39, 0.29) is 100 Å². The molecular formula is C32H28FN5Na2O7S4. The number of carbonyl (C=O) groups is 4. The van der Waals surface area contributed by atoms with Crippen molar-refractivity contribution >= 4 is 91.7 Å². The number of β-lactam (4-membered cyclic amide) rings is 1. The second kappa shape index (κ2) is 16.6. The molecule has 1 aliphatic carbocycles. The molecule has 12 nitrogen and oxygen atoms in total. The van der Waals surface area contributed by atoms with Gasteiger partial charge in [0.05, 0.1) is 40.8 Å². The molecule has 7 rings (SSSR count). The standard InChI is InChI=1S/C32H30FN5O7S4.2Na/c33-21-9-19-22(37(17-3-4-17)12-20(27(19)40)30(42)43)10-23(21)36-6-5-16(11-36)34-32(46)49-14-15-13-48-29-25(28(41)38(29)26(15)31(44)45)35-24(39)8-18-2-1-7-47-18;;/h1-2,7,9-10,12,16-17,25,29H,3-6,8,11,13-14H2,(H,34,46)(H,35,39)(H,42,43)(H,44,45);;/q;2*+1/p-2/t16?,25-,29-;;/m1../s1. The van der Waals surface area contributed by atoms with Crippen LogP contribution in [0.15, 0.2) is 51.9 Å². The summed E-state index contributed by atoms with van der Waals surface area (Å²) in [6.45, 7) is 0.901. The molecule has 4 aliphatic rings. The van der Waals surface area contributed by atoms with Crippen LogP contribution in [0.3, 0.4) is 0 Å². The van der Waals surface area contributed by atoms with E-state index in [2.05, 4.69) is 10.6 Å². The number of carboxylic acid groups (broad SMARTS) is 2. The van der Waals surface area contributed by atoms with Crippen molar-refractivity contribution in [2.45, 2.75) is 49.2 Å². The molecule has 2 N–H and O–H groups in total. The van der Waals surface area contributed by atoms with Crippen molar-refractivity contribution < 1.29 is 92.9 Å². The monoisotopic (exact) mass is 787 g/mol. The summed E-state index contributed by atoms with van der Waals surface area (Å²) >= 11 is 9.59. The van der Waals surface area contributed by atoms with E-state index in [0.29, 0.717) is 46.4 Å². The molecule has 3 atom stereocenters. The van der Waals surface area contributed by atoms with Gasteiger partial charge in [-0.15, -0.1) is 23.1 Å². The van der Waals surface area contributed by atoms with Gasteiger partial charge in [-0.25, -0.2) is 4.39 Å². The van der Waals surface area contributed by atoms with Crippen LogP contribution in [0.25, 0.3) is 10.9 Å². The van der Waals surface area contributed by atoms with Crippen LogP contribution in [0.4, 0.5) is 10.1 Å². The summed E-state index contributed by atoms with van der Waals surface area (Å²) < 4.78 is 17.5. The Bertz CT molecular complexity index is 2010. The number of pyridine rings is 1. The van der Waals surface area contributed by atoms with Crippen LogP contribution >= 0.6 is 47.1 Å². The van der Waals surface area contributed by atoms with Gasteiger partial charge in [-0.1, -0.05) is 30.0 Å². The molecule has 2 aromatic heterocycles. The summed E-state index contributed by atoms with van der Waals surface area (Å²) in [4.78, 5) is 65.9. The zero-order chi connectivity index (χ0) is 34.6. The minimum atomic E-state index is -1.60. The number of thiophene rings is 1. The van der Waals surface area contributed by atoms with E-state index in [1.807, 2.05) is 22.4 Å². The number of halogens is 1. The predicted molar refractivity (Wildman–Crippen MR) is 185 cm³/mol. The quantitative estimate of drug-likeness (QED) is 0.114. The third-order valence-corrected chi connectivity index (χ3v) is 12.5. The van der Waals surface area contributed by atoms with Gasteiger partial charge in [0.25, 0.3) is 5.91 Å². The number of nitrogens with one attached hydrogen (secondary N) is 2. The molecule has 3 aliphatic heterocycles. The number of fused-ring (bicyclic) bond motifs is 2. The van der Waals surface area contributed by atoms with E-state index in [1.165, 1.54) is 46.0 Å². The van der Waals surface area contributed by atoms with Gasteiger partial charge in [0.2, 0.25) is 5.91 Å². The van der Waals surface area contributed by atoms with E-state index in [0.717, 1.165) is 23.8 Å². The fraction of sp³-hybridized carbons (Fsp3) is 0.375. The van der Waals surface area contributed by atoms with Crippen molar-refractivity contribution in [3.8, 4) is 0 Å². The molecule has 5 heterocycles. The Balaban J connectivity index is 0.00000252. The number of aromatic carboxylic acids is 1. The molecule has 1 aromatic carbocycles. The Kier molecular flexibility index (Phi) is 13.1. The second-order valence-electron chi connectivity index (χ2n) is 12.2. The first-order valence-electron chi connectivity index (χ1n) is 15.5. The number of carbonyl (C=O) groups excluding carboxylic acids is 4. The van der Waals surface area contributed by atoms with Crippen LogP contribution < -0.4 is 90.3 Å². The first-order valence-corrected chi connectivity index (χ1v) is 18.8. The Hall–Kier alpha value is -1.93. The third-order valence-electron chi connectivity index (χ3n) is 8.96. The number of anilines is 1. The van der Waals surface area contributed by atoms with Crippen molar-refractivity contribution in [3.05, 3.63) is 73.6 Å². The largest absolute Gasteiger partial charge is 1.00 e. The van der Waals surface area contributed by atoms with Crippen LogP contribution in [0.1, 0.15) is 40.5 Å². The molecule has 0 radical (unpaired) electrons. The Morgan fingerprint density at radius 2 is 1.84 bits per heavy atom. The molecule has 3 fully saturated rings. The summed E-state index contributed by atoms with van der Waals surface area (Å²) in [6, 6.07) is 5.43. The molecule has 19 heteroatoms. The number of rotatable bonds is 10. The topological polar surface area (TPSA) is 167 Å². The molecule has 256 valence electrons. The minimum Gasteiger partial charge on any atom is -0.545 e. The smallest absolute Gasteiger partial charge is 0.545 e. The Morgan fingerprint density at radius 1 is 1.08 bits per heavy atom. The van der Waals surface area contributed by atoms with Gasteiger partial charge < -0.3 is 39.9 Å². The maximum atomic E-state index is 15.4. The number of thioether (sulfide) groups is 2. The average Bonchev–Trinajstić information content (AvgIpc) is 3.58. The van der Waals surface area contributed by atoms with E-state index in [1.54, 1.807) is 10.6 Å². The molecule has 0 bridgehead atoms. The van der Waals surface area contributed by atoms with Crippen molar-refractivity contribution in [3.63, 3.8) is 0 Å². The van der Waals surface area contributed by atoms with Gasteiger partial charge in [-0.2, -0.15) is 0 Å². The molecular weight excluding hydrogens is 760 g/mol. The van der Waals surface area contributed by atoms with Crippen molar-refractivity contribution in [1.82, 2.24) is 20.1 Å². The number of carboxylic acids is 2. The van der Waals surface area contributed by atoms with E-state index in [4.69, 9.17) is 12.2 Å². The fourth-order valence-electron chi connectivity index (χ4n) is 6.44. The number of aromatic nitrogens is 1. The van der Waals surface area contributed by atoms with E-state index in [9.17, 15) is 34.2 Å². The summed E-state index contributed by atoms with van der Waals surface area (Å²) in [6.07, 6.45) is 3.71. The van der Waals surface area contributed by atoms with Gasteiger partial charge in [-0.05, 0) is 48.4 Å². The zero-order valence-electron chi connectivity index (χ0n) is 27.6. The van der Waals surface area contributed by atoms with Gasteiger partial charge in [0.15, 0.2) is 5.43 Å². The number of aliphatic carboxylic acids is 1. The Morgan fingerprint density at radius 3 is 2.51 bits per heavy atom. The second-order valence-corrected chi connectivity index (χ2v) is 16.0. The van der Waals surface area contributed by atoms with E-state index >= 15 is 4.39 Å². The van der Waals surface area contributed by atoms with Crippen LogP contribution in [0.5, 0.6) is 0 Å².